The summed E-state index contributed by atoms with van der Waals surface area (Å²) in [6.07, 6.45) is 1.62. The van der Waals surface area contributed by atoms with Crippen molar-refractivity contribution in [3.05, 3.63) is 58.6 Å². The minimum Gasteiger partial charge on any atom is -0.462 e. The van der Waals surface area contributed by atoms with Crippen molar-refractivity contribution in [2.24, 2.45) is 0 Å². The van der Waals surface area contributed by atoms with E-state index in [0.717, 1.165) is 15.5 Å². The van der Waals surface area contributed by atoms with Crippen molar-refractivity contribution < 1.29 is 13.9 Å². The van der Waals surface area contributed by atoms with Gasteiger partial charge >= 0.3 is 5.97 Å². The summed E-state index contributed by atoms with van der Waals surface area (Å²) in [7, 11) is 0. The fraction of sp³-hybridized carbons (Fsp3) is 0.125. The average Bonchev–Trinajstić information content (AvgIpc) is 2.90. The lowest BCUT2D eigenvalue weighted by Gasteiger charge is -2.08. The average molecular weight is 363 g/mol. The van der Waals surface area contributed by atoms with Gasteiger partial charge in [-0.3, -0.25) is 4.57 Å². The second-order valence-electron chi connectivity index (χ2n) is 4.63. The topological polar surface area (TPSA) is 44.1 Å². The third kappa shape index (κ3) is 2.62. The molecule has 3 aromatic rings. The Labute approximate surface area is 134 Å². The second-order valence-corrected chi connectivity index (χ2v) is 5.55. The summed E-state index contributed by atoms with van der Waals surface area (Å²) in [5, 5.41) is 0. The van der Waals surface area contributed by atoms with Crippen molar-refractivity contribution in [3.8, 4) is 5.69 Å². The van der Waals surface area contributed by atoms with E-state index in [1.54, 1.807) is 23.9 Å². The highest BCUT2D eigenvalue weighted by molar-refractivity contribution is 9.10. The number of esters is 1. The highest BCUT2D eigenvalue weighted by Gasteiger charge is 2.14. The van der Waals surface area contributed by atoms with E-state index < -0.39 is 11.8 Å². The maximum atomic E-state index is 14.2. The van der Waals surface area contributed by atoms with Gasteiger partial charge < -0.3 is 4.74 Å². The molecule has 112 valence electrons. The van der Waals surface area contributed by atoms with Crippen LogP contribution >= 0.6 is 15.9 Å². The Morgan fingerprint density at radius 1 is 1.32 bits per heavy atom. The number of carbonyl (C=O) groups excluding carboxylic acids is 1. The zero-order chi connectivity index (χ0) is 15.7. The Balaban J connectivity index is 2.06. The van der Waals surface area contributed by atoms with Crippen molar-refractivity contribution in [3.63, 3.8) is 0 Å². The van der Waals surface area contributed by atoms with Gasteiger partial charge in [-0.15, -0.1) is 0 Å². The smallest absolute Gasteiger partial charge is 0.341 e. The molecule has 1 aromatic heterocycles. The molecule has 4 nitrogen and oxygen atoms in total. The second kappa shape index (κ2) is 5.88. The molecule has 3 rings (SSSR count). The maximum absolute atomic E-state index is 14.2. The number of aromatic nitrogens is 2. The van der Waals surface area contributed by atoms with Crippen molar-refractivity contribution in [1.82, 2.24) is 9.55 Å². The first-order chi connectivity index (χ1) is 10.6. The molecule has 0 amide bonds. The van der Waals surface area contributed by atoms with E-state index in [4.69, 9.17) is 4.74 Å². The summed E-state index contributed by atoms with van der Waals surface area (Å²) >= 11 is 3.41. The summed E-state index contributed by atoms with van der Waals surface area (Å²) in [5.41, 5.74) is 2.16. The largest absolute Gasteiger partial charge is 0.462 e. The molecule has 0 aliphatic carbocycles. The van der Waals surface area contributed by atoms with Gasteiger partial charge in [0.15, 0.2) is 0 Å². The molecular weight excluding hydrogens is 351 g/mol. The first-order valence-electron chi connectivity index (χ1n) is 6.70. The number of hydrogen-bond acceptors (Lipinski definition) is 3. The summed E-state index contributed by atoms with van der Waals surface area (Å²) in [6, 6.07) is 10.1. The lowest BCUT2D eigenvalue weighted by Crippen LogP contribution is -2.07. The zero-order valence-corrected chi connectivity index (χ0v) is 13.3. The van der Waals surface area contributed by atoms with Crippen LogP contribution in [-0.2, 0) is 4.74 Å². The number of carbonyl (C=O) groups is 1. The van der Waals surface area contributed by atoms with Crippen LogP contribution in [0.25, 0.3) is 16.7 Å². The van der Waals surface area contributed by atoms with Gasteiger partial charge in [0.25, 0.3) is 0 Å². The Bertz CT molecular complexity index is 860. The van der Waals surface area contributed by atoms with Gasteiger partial charge in [0.1, 0.15) is 12.1 Å². The molecule has 0 saturated heterocycles. The minimum atomic E-state index is -0.662. The number of hydrogen-bond donors (Lipinski definition) is 0. The molecule has 0 atom stereocenters. The number of rotatable bonds is 3. The molecule has 0 spiro atoms. The molecule has 2 aromatic carbocycles. The van der Waals surface area contributed by atoms with Crippen molar-refractivity contribution in [1.29, 1.82) is 0 Å². The molecule has 0 unspecified atom stereocenters. The molecule has 1 heterocycles. The van der Waals surface area contributed by atoms with E-state index in [9.17, 15) is 9.18 Å². The number of fused-ring (bicyclic) bond motifs is 1. The van der Waals surface area contributed by atoms with E-state index in [1.807, 2.05) is 18.2 Å². The number of halogens is 2. The predicted molar refractivity (Wildman–Crippen MR) is 84.7 cm³/mol. The van der Waals surface area contributed by atoms with Gasteiger partial charge in [0, 0.05) is 4.47 Å². The molecule has 6 heteroatoms. The fourth-order valence-corrected chi connectivity index (χ4v) is 2.56. The maximum Gasteiger partial charge on any atom is 0.341 e. The van der Waals surface area contributed by atoms with Crippen LogP contribution in [0.1, 0.15) is 17.3 Å². The third-order valence-electron chi connectivity index (χ3n) is 3.24. The van der Waals surface area contributed by atoms with E-state index in [0.29, 0.717) is 5.69 Å². The SMILES string of the molecule is CCOC(=O)c1ccc(-n2cnc3ccc(Br)cc32)cc1F. The minimum absolute atomic E-state index is 0.0730. The molecule has 0 radical (unpaired) electrons. The fourth-order valence-electron chi connectivity index (χ4n) is 2.21. The summed E-state index contributed by atoms with van der Waals surface area (Å²) in [6.45, 7) is 1.89. The lowest BCUT2D eigenvalue weighted by molar-refractivity contribution is 0.0521. The molecule has 0 aliphatic heterocycles. The quantitative estimate of drug-likeness (QED) is 0.658. The van der Waals surface area contributed by atoms with Crippen LogP contribution in [0.2, 0.25) is 0 Å². The Hall–Kier alpha value is -2.21. The number of nitrogens with zero attached hydrogens (tertiary/aromatic N) is 2. The van der Waals surface area contributed by atoms with E-state index in [2.05, 4.69) is 20.9 Å². The Morgan fingerprint density at radius 2 is 2.14 bits per heavy atom. The molecule has 0 aliphatic rings. The van der Waals surface area contributed by atoms with Gasteiger partial charge in [-0.1, -0.05) is 15.9 Å². The third-order valence-corrected chi connectivity index (χ3v) is 3.73. The van der Waals surface area contributed by atoms with Crippen LogP contribution < -0.4 is 0 Å². The predicted octanol–water partition coefficient (Wildman–Crippen LogP) is 4.10. The van der Waals surface area contributed by atoms with Crippen molar-refractivity contribution in [2.75, 3.05) is 6.61 Å². The van der Waals surface area contributed by atoms with Gasteiger partial charge in [-0.2, -0.15) is 0 Å². The first-order valence-corrected chi connectivity index (χ1v) is 7.49. The summed E-state index contributed by atoms with van der Waals surface area (Å²) in [5.74, 6) is -1.28. The van der Waals surface area contributed by atoms with Gasteiger partial charge in [-0.05, 0) is 43.3 Å². The van der Waals surface area contributed by atoms with Crippen LogP contribution in [0.15, 0.2) is 47.2 Å². The summed E-state index contributed by atoms with van der Waals surface area (Å²) < 4.78 is 21.6. The Kier molecular flexibility index (Phi) is 3.94. The monoisotopic (exact) mass is 362 g/mol. The first kappa shape index (κ1) is 14.7. The van der Waals surface area contributed by atoms with Gasteiger partial charge in [0.2, 0.25) is 0 Å². The van der Waals surface area contributed by atoms with E-state index >= 15 is 0 Å². The zero-order valence-electron chi connectivity index (χ0n) is 11.7. The number of benzene rings is 2. The summed E-state index contributed by atoms with van der Waals surface area (Å²) in [4.78, 5) is 15.9. The van der Waals surface area contributed by atoms with Crippen LogP contribution in [0, 0.1) is 5.82 Å². The highest BCUT2D eigenvalue weighted by Crippen LogP contribution is 2.23. The van der Waals surface area contributed by atoms with E-state index in [1.165, 1.54) is 12.1 Å². The standard InChI is InChI=1S/C16H12BrFN2O2/c1-2-22-16(21)12-5-4-11(8-13(12)18)20-9-19-14-6-3-10(17)7-15(14)20/h3-9H,2H2,1H3. The number of ether oxygens (including phenoxy) is 1. The van der Waals surface area contributed by atoms with Crippen molar-refractivity contribution >= 4 is 32.9 Å². The Morgan fingerprint density at radius 3 is 2.86 bits per heavy atom. The van der Waals surface area contributed by atoms with Gasteiger partial charge in [-0.25, -0.2) is 14.2 Å². The molecule has 0 bridgehead atoms. The van der Waals surface area contributed by atoms with E-state index in [-0.39, 0.29) is 12.2 Å². The highest BCUT2D eigenvalue weighted by atomic mass is 79.9. The number of imidazole rings is 1. The molecule has 0 fully saturated rings. The molecule has 0 N–H and O–H groups in total. The van der Waals surface area contributed by atoms with Crippen molar-refractivity contribution in [2.45, 2.75) is 6.92 Å². The van der Waals surface area contributed by atoms with Crippen LogP contribution in [0.5, 0.6) is 0 Å². The molecule has 22 heavy (non-hydrogen) atoms. The van der Waals surface area contributed by atoms with Crippen LogP contribution in [0.3, 0.4) is 0 Å². The molecule has 0 saturated carbocycles. The normalized spacial score (nSPS) is 10.9. The van der Waals surface area contributed by atoms with Crippen LogP contribution in [-0.4, -0.2) is 22.1 Å². The lowest BCUT2D eigenvalue weighted by atomic mass is 10.2. The van der Waals surface area contributed by atoms with Crippen LogP contribution in [0.4, 0.5) is 4.39 Å². The molecular formula is C16H12BrFN2O2. The van der Waals surface area contributed by atoms with Gasteiger partial charge in [0.05, 0.1) is 28.9 Å².